The van der Waals surface area contributed by atoms with Gasteiger partial charge in [-0.1, -0.05) is 30.3 Å². The molecule has 1 aromatic heterocycles. The van der Waals surface area contributed by atoms with Crippen LogP contribution in [0.25, 0.3) is 11.0 Å². The zero-order chi connectivity index (χ0) is 19.5. The van der Waals surface area contributed by atoms with E-state index in [1.165, 1.54) is 0 Å². The number of amides is 1. The van der Waals surface area contributed by atoms with Gasteiger partial charge in [-0.2, -0.15) is 0 Å². The Bertz CT molecular complexity index is 963. The van der Waals surface area contributed by atoms with Gasteiger partial charge in [-0.15, -0.1) is 0 Å². The van der Waals surface area contributed by atoms with Crippen LogP contribution < -0.4 is 4.74 Å². The van der Waals surface area contributed by atoms with E-state index in [0.717, 1.165) is 36.1 Å². The van der Waals surface area contributed by atoms with Gasteiger partial charge in [0.05, 0.1) is 11.7 Å². The van der Waals surface area contributed by atoms with Crippen molar-refractivity contribution < 1.29 is 18.7 Å². The maximum absolute atomic E-state index is 13.2. The number of nitrogens with zero attached hydrogens (tertiary/aromatic N) is 1. The molecule has 4 rings (SSSR count). The van der Waals surface area contributed by atoms with E-state index in [1.807, 2.05) is 60.4 Å². The van der Waals surface area contributed by atoms with Crippen LogP contribution in [0.4, 0.5) is 0 Å². The summed E-state index contributed by atoms with van der Waals surface area (Å²) in [5, 5.41) is 0.799. The number of carbonyl (C=O) groups is 1. The largest absolute Gasteiger partial charge is 0.489 e. The molecule has 3 aromatic rings. The molecule has 2 heterocycles. The summed E-state index contributed by atoms with van der Waals surface area (Å²) in [6.07, 6.45) is 2.04. The number of furan rings is 1. The van der Waals surface area contributed by atoms with Gasteiger partial charge < -0.3 is 18.8 Å². The predicted molar refractivity (Wildman–Crippen MR) is 108 cm³/mol. The summed E-state index contributed by atoms with van der Waals surface area (Å²) < 4.78 is 17.2. The van der Waals surface area contributed by atoms with Gasteiger partial charge in [-0.25, -0.2) is 0 Å². The number of methoxy groups -OCH3 is 1. The van der Waals surface area contributed by atoms with E-state index in [-0.39, 0.29) is 12.0 Å². The summed E-state index contributed by atoms with van der Waals surface area (Å²) in [5.74, 6) is 1.36. The fraction of sp³-hybridized carbons (Fsp3) is 0.348. The van der Waals surface area contributed by atoms with E-state index in [9.17, 15) is 4.79 Å². The van der Waals surface area contributed by atoms with E-state index >= 15 is 0 Å². The monoisotopic (exact) mass is 379 g/mol. The number of ether oxygens (including phenoxy) is 2. The fourth-order valence-corrected chi connectivity index (χ4v) is 3.77. The van der Waals surface area contributed by atoms with Crippen LogP contribution in [0, 0.1) is 6.92 Å². The molecule has 0 aliphatic carbocycles. The van der Waals surface area contributed by atoms with E-state index in [2.05, 4.69) is 0 Å². The SMILES string of the molecule is CO[C@H]1CCCN(C(=O)c2c(C)oc3ccc(OCc4ccccc4)cc23)C1. The van der Waals surface area contributed by atoms with Crippen molar-refractivity contribution >= 4 is 16.9 Å². The van der Waals surface area contributed by atoms with Crippen molar-refractivity contribution in [1.82, 2.24) is 4.90 Å². The predicted octanol–water partition coefficient (Wildman–Crippen LogP) is 4.57. The third-order valence-electron chi connectivity index (χ3n) is 5.30. The first-order chi connectivity index (χ1) is 13.7. The second-order valence-electron chi connectivity index (χ2n) is 7.22. The summed E-state index contributed by atoms with van der Waals surface area (Å²) in [7, 11) is 1.70. The molecule has 1 atom stereocenters. The lowest BCUT2D eigenvalue weighted by molar-refractivity contribution is 0.0269. The van der Waals surface area contributed by atoms with Crippen LogP contribution in [0.15, 0.2) is 52.9 Å². The quantitative estimate of drug-likeness (QED) is 0.652. The molecule has 5 heteroatoms. The van der Waals surface area contributed by atoms with Gasteiger partial charge in [0.1, 0.15) is 23.7 Å². The Morgan fingerprint density at radius 2 is 2.04 bits per heavy atom. The molecule has 146 valence electrons. The Balaban J connectivity index is 1.59. The molecule has 0 unspecified atom stereocenters. The van der Waals surface area contributed by atoms with Gasteiger partial charge in [0, 0.05) is 25.6 Å². The van der Waals surface area contributed by atoms with Crippen LogP contribution in [0.3, 0.4) is 0 Å². The summed E-state index contributed by atoms with van der Waals surface area (Å²) in [5.41, 5.74) is 2.42. The molecule has 1 saturated heterocycles. The van der Waals surface area contributed by atoms with E-state index in [1.54, 1.807) is 7.11 Å². The van der Waals surface area contributed by atoms with Crippen molar-refractivity contribution in [3.63, 3.8) is 0 Å². The number of piperidine rings is 1. The minimum Gasteiger partial charge on any atom is -0.489 e. The van der Waals surface area contributed by atoms with Crippen molar-refractivity contribution in [2.24, 2.45) is 0 Å². The third-order valence-corrected chi connectivity index (χ3v) is 5.30. The summed E-state index contributed by atoms with van der Waals surface area (Å²) in [6.45, 7) is 3.68. The number of aryl methyl sites for hydroxylation is 1. The Kier molecular flexibility index (Phi) is 5.35. The second-order valence-corrected chi connectivity index (χ2v) is 7.22. The van der Waals surface area contributed by atoms with Gasteiger partial charge in [-0.3, -0.25) is 4.79 Å². The molecule has 1 aliphatic rings. The van der Waals surface area contributed by atoms with Crippen molar-refractivity contribution in [2.75, 3.05) is 20.2 Å². The standard InChI is InChI=1S/C23H25NO4/c1-16-22(23(25)24-12-6-9-19(14-24)26-2)20-13-18(10-11-21(20)28-16)27-15-17-7-4-3-5-8-17/h3-5,7-8,10-11,13,19H,6,9,12,14-15H2,1-2H3/t19-/m0/s1. The molecule has 1 aliphatic heterocycles. The first-order valence-electron chi connectivity index (χ1n) is 9.67. The number of likely N-dealkylation sites (tertiary alicyclic amines) is 1. The molecule has 0 N–H and O–H groups in total. The minimum absolute atomic E-state index is 0.00166. The molecule has 1 amide bonds. The zero-order valence-electron chi connectivity index (χ0n) is 16.3. The lowest BCUT2D eigenvalue weighted by atomic mass is 10.0. The molecular formula is C23H25NO4. The van der Waals surface area contributed by atoms with E-state index in [0.29, 0.717) is 30.1 Å². The molecule has 0 radical (unpaired) electrons. The first-order valence-corrected chi connectivity index (χ1v) is 9.67. The highest BCUT2D eigenvalue weighted by Gasteiger charge is 2.28. The highest BCUT2D eigenvalue weighted by Crippen LogP contribution is 2.31. The lowest BCUT2D eigenvalue weighted by Gasteiger charge is -2.31. The van der Waals surface area contributed by atoms with E-state index < -0.39 is 0 Å². The Hall–Kier alpha value is -2.79. The zero-order valence-corrected chi connectivity index (χ0v) is 16.3. The smallest absolute Gasteiger partial charge is 0.258 e. The maximum Gasteiger partial charge on any atom is 0.258 e. The van der Waals surface area contributed by atoms with Crippen LogP contribution in [0.2, 0.25) is 0 Å². The number of fused-ring (bicyclic) bond motifs is 1. The molecule has 1 fully saturated rings. The summed E-state index contributed by atoms with van der Waals surface area (Å²) in [6, 6.07) is 15.7. The topological polar surface area (TPSA) is 51.9 Å². The highest BCUT2D eigenvalue weighted by molar-refractivity contribution is 6.07. The molecular weight excluding hydrogens is 354 g/mol. The Morgan fingerprint density at radius 1 is 1.21 bits per heavy atom. The van der Waals surface area contributed by atoms with Gasteiger partial charge in [0.2, 0.25) is 0 Å². The van der Waals surface area contributed by atoms with Crippen LogP contribution in [-0.2, 0) is 11.3 Å². The fourth-order valence-electron chi connectivity index (χ4n) is 3.77. The molecule has 0 spiro atoms. The molecule has 0 saturated carbocycles. The van der Waals surface area contributed by atoms with Crippen molar-refractivity contribution in [1.29, 1.82) is 0 Å². The van der Waals surface area contributed by atoms with Gasteiger partial charge in [0.25, 0.3) is 5.91 Å². The minimum atomic E-state index is -0.00166. The molecule has 2 aromatic carbocycles. The molecule has 28 heavy (non-hydrogen) atoms. The van der Waals surface area contributed by atoms with Crippen molar-refractivity contribution in [3.05, 3.63) is 65.4 Å². The van der Waals surface area contributed by atoms with Gasteiger partial charge in [-0.05, 0) is 43.5 Å². The van der Waals surface area contributed by atoms with Crippen molar-refractivity contribution in [2.45, 2.75) is 32.5 Å². The number of hydrogen-bond donors (Lipinski definition) is 0. The van der Waals surface area contributed by atoms with Crippen LogP contribution in [0.5, 0.6) is 5.75 Å². The summed E-state index contributed by atoms with van der Waals surface area (Å²) >= 11 is 0. The average Bonchev–Trinajstić information content (AvgIpc) is 3.07. The molecule has 0 bridgehead atoms. The number of rotatable bonds is 5. The second kappa shape index (κ2) is 8.07. The Morgan fingerprint density at radius 3 is 2.82 bits per heavy atom. The van der Waals surface area contributed by atoms with Crippen LogP contribution in [0.1, 0.15) is 34.5 Å². The number of benzene rings is 2. The number of hydrogen-bond acceptors (Lipinski definition) is 4. The molecule has 5 nitrogen and oxygen atoms in total. The van der Waals surface area contributed by atoms with Crippen molar-refractivity contribution in [3.8, 4) is 5.75 Å². The normalized spacial score (nSPS) is 17.1. The average molecular weight is 379 g/mol. The van der Waals surface area contributed by atoms with Crippen LogP contribution >= 0.6 is 0 Å². The van der Waals surface area contributed by atoms with Gasteiger partial charge >= 0.3 is 0 Å². The lowest BCUT2D eigenvalue weighted by Crippen LogP contribution is -2.43. The Labute approximate surface area is 164 Å². The maximum atomic E-state index is 13.2. The van der Waals surface area contributed by atoms with E-state index in [4.69, 9.17) is 13.9 Å². The van der Waals surface area contributed by atoms with Gasteiger partial charge in [0.15, 0.2) is 0 Å². The first kappa shape index (κ1) is 18.6. The highest BCUT2D eigenvalue weighted by atomic mass is 16.5. The summed E-state index contributed by atoms with van der Waals surface area (Å²) in [4.78, 5) is 15.1. The third kappa shape index (κ3) is 3.76. The van der Waals surface area contributed by atoms with Crippen LogP contribution in [-0.4, -0.2) is 37.1 Å². The number of carbonyl (C=O) groups excluding carboxylic acids is 1.